The molecule has 0 spiro atoms. The van der Waals surface area contributed by atoms with Gasteiger partial charge in [0.2, 0.25) is 10.7 Å². The normalized spacial score (nSPS) is 14.5. The number of carbonyl (C=O) groups excluding carboxylic acids is 3. The second-order valence-corrected chi connectivity index (χ2v) is 5.45. The van der Waals surface area contributed by atoms with Crippen molar-refractivity contribution in [2.45, 2.75) is 4.75 Å². The third-order valence-corrected chi connectivity index (χ3v) is 4.19. The van der Waals surface area contributed by atoms with Crippen LogP contribution < -0.4 is 16.8 Å². The van der Waals surface area contributed by atoms with Crippen molar-refractivity contribution in [1.29, 1.82) is 0 Å². The Balaban J connectivity index is 5.44. The van der Waals surface area contributed by atoms with Crippen LogP contribution in [-0.4, -0.2) is 60.6 Å². The number of nitrogens with one attached hydrogen (secondary N) is 1. The number of ketones is 2. The molecule has 11 heteroatoms. The van der Waals surface area contributed by atoms with Crippen LogP contribution in [0.25, 0.3) is 0 Å². The molecule has 0 radical (unpaired) electrons. The molecule has 0 fully saturated rings. The smallest absolute Gasteiger partial charge is 0.286 e. The number of nitrogens with two attached hydrogens (primary N) is 2. The summed E-state index contributed by atoms with van der Waals surface area (Å²) in [5.41, 5.74) is 10.1. The van der Waals surface area contributed by atoms with E-state index in [-0.39, 0.29) is 0 Å². The maximum absolute atomic E-state index is 11.8. The van der Waals surface area contributed by atoms with E-state index in [9.17, 15) is 22.8 Å². The molecule has 1 unspecified atom stereocenters. The van der Waals surface area contributed by atoms with Crippen molar-refractivity contribution < 1.29 is 27.4 Å². The Morgan fingerprint density at radius 1 is 1.21 bits per heavy atom. The number of carbonyl (C=O) groups is 3. The topological polar surface area (TPSA) is 170 Å². The first kappa shape index (κ1) is 18.0. The van der Waals surface area contributed by atoms with Crippen LogP contribution in [0, 0.1) is 0 Å². The van der Waals surface area contributed by atoms with Gasteiger partial charge in [-0.2, -0.15) is 21.0 Å². The Morgan fingerprint density at radius 2 is 1.74 bits per heavy atom. The summed E-state index contributed by atoms with van der Waals surface area (Å²) in [5.74, 6) is -3.77. The minimum atomic E-state index is -5.10. The van der Waals surface area contributed by atoms with Gasteiger partial charge in [0, 0.05) is 6.54 Å². The zero-order valence-corrected chi connectivity index (χ0v) is 11.5. The molecule has 0 saturated carbocycles. The molecule has 0 aliphatic heterocycles. The molecule has 0 heterocycles. The largest absolute Gasteiger partial charge is 0.348 e. The fraction of sp³-hybridized carbons (Fsp3) is 0.625. The fourth-order valence-corrected chi connectivity index (χ4v) is 2.60. The SMILES string of the molecule is NCC(=O)NCC(=O)C(CN)(C(=O)CS)S(=O)(=O)O. The van der Waals surface area contributed by atoms with Crippen molar-refractivity contribution in [2.24, 2.45) is 11.5 Å². The number of hydrogen-bond donors (Lipinski definition) is 5. The summed E-state index contributed by atoms with van der Waals surface area (Å²) in [5, 5.41) is 2.00. The summed E-state index contributed by atoms with van der Waals surface area (Å²) < 4.78 is 28.9. The molecular formula is C8H15N3O6S2. The summed E-state index contributed by atoms with van der Waals surface area (Å²) in [6.07, 6.45) is 0. The summed E-state index contributed by atoms with van der Waals surface area (Å²) in [6.45, 7) is -2.18. The molecule has 0 rings (SSSR count). The summed E-state index contributed by atoms with van der Waals surface area (Å²) in [6, 6.07) is 0. The first-order chi connectivity index (χ1) is 8.67. The van der Waals surface area contributed by atoms with Crippen molar-refractivity contribution in [3.8, 4) is 0 Å². The quantitative estimate of drug-likeness (QED) is 0.176. The van der Waals surface area contributed by atoms with Gasteiger partial charge in [-0.1, -0.05) is 0 Å². The molecule has 9 nitrogen and oxygen atoms in total. The highest BCUT2D eigenvalue weighted by Crippen LogP contribution is 2.19. The highest BCUT2D eigenvalue weighted by molar-refractivity contribution is 7.89. The first-order valence-corrected chi connectivity index (χ1v) is 7.06. The van der Waals surface area contributed by atoms with E-state index in [4.69, 9.17) is 16.0 Å². The van der Waals surface area contributed by atoms with Gasteiger partial charge in [0.05, 0.1) is 18.8 Å². The highest BCUT2D eigenvalue weighted by Gasteiger charge is 2.54. The average Bonchev–Trinajstić information content (AvgIpc) is 2.35. The summed E-state index contributed by atoms with van der Waals surface area (Å²) in [7, 11) is -5.10. The van der Waals surface area contributed by atoms with Gasteiger partial charge in [-0.3, -0.25) is 18.9 Å². The molecular weight excluding hydrogens is 298 g/mol. The van der Waals surface area contributed by atoms with Gasteiger partial charge >= 0.3 is 0 Å². The fourth-order valence-electron chi connectivity index (χ4n) is 1.30. The number of thiol groups is 1. The van der Waals surface area contributed by atoms with Gasteiger partial charge in [-0.15, -0.1) is 0 Å². The molecule has 1 atom stereocenters. The highest BCUT2D eigenvalue weighted by atomic mass is 32.2. The van der Waals surface area contributed by atoms with Gasteiger partial charge in [-0.05, 0) is 0 Å². The molecule has 0 aromatic carbocycles. The molecule has 0 bridgehead atoms. The average molecular weight is 313 g/mol. The van der Waals surface area contributed by atoms with Crippen molar-refractivity contribution >= 4 is 40.2 Å². The zero-order chi connectivity index (χ0) is 15.3. The second-order valence-electron chi connectivity index (χ2n) is 3.49. The lowest BCUT2D eigenvalue weighted by molar-refractivity contribution is -0.130. The molecule has 1 amide bonds. The van der Waals surface area contributed by atoms with E-state index >= 15 is 0 Å². The Hall–Kier alpha value is -1.01. The Bertz CT molecular complexity index is 477. The number of Topliss-reactive ketones (excluding diaryl/α,β-unsaturated/α-hetero) is 2. The van der Waals surface area contributed by atoms with Gasteiger partial charge < -0.3 is 16.8 Å². The molecule has 19 heavy (non-hydrogen) atoms. The molecule has 110 valence electrons. The number of rotatable bonds is 8. The van der Waals surface area contributed by atoms with E-state index in [0.29, 0.717) is 0 Å². The van der Waals surface area contributed by atoms with Gasteiger partial charge in [-0.25, -0.2) is 0 Å². The van der Waals surface area contributed by atoms with Crippen molar-refractivity contribution in [2.75, 3.05) is 25.4 Å². The van der Waals surface area contributed by atoms with E-state index in [1.807, 2.05) is 5.32 Å². The van der Waals surface area contributed by atoms with E-state index in [0.717, 1.165) is 0 Å². The third-order valence-electron chi connectivity index (χ3n) is 2.40. The van der Waals surface area contributed by atoms with E-state index in [2.05, 4.69) is 12.6 Å². The van der Waals surface area contributed by atoms with Crippen LogP contribution in [0.3, 0.4) is 0 Å². The third kappa shape index (κ3) is 3.73. The lowest BCUT2D eigenvalue weighted by atomic mass is 9.98. The molecule has 0 aromatic heterocycles. The number of hydrogen-bond acceptors (Lipinski definition) is 8. The summed E-state index contributed by atoms with van der Waals surface area (Å²) in [4.78, 5) is 34.3. The molecule has 0 aliphatic carbocycles. The van der Waals surface area contributed by atoms with Crippen molar-refractivity contribution in [1.82, 2.24) is 5.32 Å². The predicted molar refractivity (Wildman–Crippen MR) is 69.3 cm³/mol. The molecule has 0 saturated heterocycles. The monoisotopic (exact) mass is 313 g/mol. The standard InChI is InChI=1S/C8H15N3O6S2/c9-1-7(14)11-2-5(12)8(4-10,6(13)3-18)19(15,16)17/h18H,1-4,9-10H2,(H,11,14)(H,15,16,17). The second kappa shape index (κ2) is 6.96. The lowest BCUT2D eigenvalue weighted by Crippen LogP contribution is -2.61. The van der Waals surface area contributed by atoms with Gasteiger partial charge in [0.25, 0.3) is 10.1 Å². The van der Waals surface area contributed by atoms with E-state index in [1.165, 1.54) is 0 Å². The Kier molecular flexibility index (Phi) is 6.59. The maximum Gasteiger partial charge on any atom is 0.286 e. The minimum Gasteiger partial charge on any atom is -0.348 e. The zero-order valence-electron chi connectivity index (χ0n) is 9.83. The molecule has 0 aliphatic rings. The lowest BCUT2D eigenvalue weighted by Gasteiger charge is -2.25. The summed E-state index contributed by atoms with van der Waals surface area (Å²) >= 11 is 3.58. The number of amides is 1. The maximum atomic E-state index is 11.8. The van der Waals surface area contributed by atoms with Gasteiger partial charge in [0.15, 0.2) is 11.6 Å². The Labute approximate surface area is 115 Å². The van der Waals surface area contributed by atoms with Crippen molar-refractivity contribution in [3.05, 3.63) is 0 Å². The van der Waals surface area contributed by atoms with E-state index in [1.54, 1.807) is 0 Å². The van der Waals surface area contributed by atoms with E-state index < -0.39 is 57.7 Å². The minimum absolute atomic E-state index is 0.421. The van der Waals surface area contributed by atoms with Crippen LogP contribution >= 0.6 is 12.6 Å². The first-order valence-electron chi connectivity index (χ1n) is 4.98. The van der Waals surface area contributed by atoms with Crippen LogP contribution in [0.15, 0.2) is 0 Å². The van der Waals surface area contributed by atoms with Crippen LogP contribution in [0.5, 0.6) is 0 Å². The Morgan fingerprint density at radius 3 is 2.05 bits per heavy atom. The van der Waals surface area contributed by atoms with Crippen LogP contribution in [0.4, 0.5) is 0 Å². The van der Waals surface area contributed by atoms with Crippen LogP contribution in [0.2, 0.25) is 0 Å². The van der Waals surface area contributed by atoms with Crippen LogP contribution in [-0.2, 0) is 24.5 Å². The van der Waals surface area contributed by atoms with Crippen molar-refractivity contribution in [3.63, 3.8) is 0 Å². The molecule has 0 aromatic rings. The van der Waals surface area contributed by atoms with Crippen LogP contribution in [0.1, 0.15) is 0 Å². The predicted octanol–water partition coefficient (Wildman–Crippen LogP) is -3.29. The van der Waals surface area contributed by atoms with Gasteiger partial charge in [0.1, 0.15) is 0 Å². The molecule has 6 N–H and O–H groups in total.